The zero-order valence-electron chi connectivity index (χ0n) is 14.6. The molecule has 2 aromatic heterocycles. The van der Waals surface area contributed by atoms with E-state index in [4.69, 9.17) is 0 Å². The van der Waals surface area contributed by atoms with Crippen LogP contribution >= 0.6 is 0 Å². The first kappa shape index (κ1) is 18.0. The number of likely N-dealkylation sites (tertiary alicyclic amines) is 1. The quantitative estimate of drug-likeness (QED) is 0.859. The summed E-state index contributed by atoms with van der Waals surface area (Å²) >= 11 is 0. The van der Waals surface area contributed by atoms with Crippen molar-refractivity contribution in [3.8, 4) is 0 Å². The molecule has 146 valence electrons. The van der Waals surface area contributed by atoms with Gasteiger partial charge in [-0.2, -0.15) is 13.2 Å². The normalized spacial score (nSPS) is 24.6. The van der Waals surface area contributed by atoms with Crippen LogP contribution in [0.25, 0.3) is 11.0 Å². The van der Waals surface area contributed by atoms with Crippen molar-refractivity contribution in [1.29, 1.82) is 0 Å². The van der Waals surface area contributed by atoms with E-state index in [2.05, 4.69) is 10.1 Å². The number of halogens is 3. The fourth-order valence-electron chi connectivity index (χ4n) is 4.15. The Bertz CT molecular complexity index is 853. The second-order valence-electron chi connectivity index (χ2n) is 7.08. The van der Waals surface area contributed by atoms with Crippen LogP contribution in [-0.2, 0) is 0 Å². The number of carboxylic acid groups (broad SMARTS) is 1. The van der Waals surface area contributed by atoms with Crippen LogP contribution < -0.4 is 4.90 Å². The van der Waals surface area contributed by atoms with Crippen molar-refractivity contribution in [2.45, 2.75) is 38.0 Å². The molecule has 0 aromatic carbocycles. The van der Waals surface area contributed by atoms with E-state index in [1.165, 1.54) is 6.20 Å². The van der Waals surface area contributed by atoms with Crippen LogP contribution in [0.4, 0.5) is 23.8 Å². The van der Waals surface area contributed by atoms with Gasteiger partial charge in [0.15, 0.2) is 11.5 Å². The van der Waals surface area contributed by atoms with E-state index < -0.39 is 18.2 Å². The molecule has 4 heterocycles. The molecule has 0 bridgehead atoms. The predicted molar refractivity (Wildman–Crippen MR) is 91.7 cm³/mol. The summed E-state index contributed by atoms with van der Waals surface area (Å²) in [6, 6.07) is 3.45. The van der Waals surface area contributed by atoms with Crippen LogP contribution in [0.5, 0.6) is 0 Å². The van der Waals surface area contributed by atoms with Gasteiger partial charge in [0, 0.05) is 25.8 Å². The lowest BCUT2D eigenvalue weighted by atomic mass is 10.1. The minimum absolute atomic E-state index is 0.0273. The van der Waals surface area contributed by atoms with Crippen LogP contribution in [0.2, 0.25) is 0 Å². The summed E-state index contributed by atoms with van der Waals surface area (Å²) in [5.41, 5.74) is 0.235. The van der Waals surface area contributed by atoms with E-state index in [1.807, 2.05) is 9.80 Å². The minimum Gasteiger partial charge on any atom is -0.463 e. The van der Waals surface area contributed by atoms with Crippen LogP contribution in [0, 0.1) is 5.92 Å². The van der Waals surface area contributed by atoms with Gasteiger partial charge in [0.1, 0.15) is 0 Å². The Morgan fingerprint density at radius 2 is 2.04 bits per heavy atom. The lowest BCUT2D eigenvalue weighted by molar-refractivity contribution is -0.171. The number of hydrogen-bond donors (Lipinski definition) is 1. The maximum absolute atomic E-state index is 13.1. The summed E-state index contributed by atoms with van der Waals surface area (Å²) in [6.45, 7) is 0.972. The molecule has 2 aliphatic rings. The second kappa shape index (κ2) is 6.66. The summed E-state index contributed by atoms with van der Waals surface area (Å²) in [4.78, 5) is 19.4. The minimum atomic E-state index is -4.18. The van der Waals surface area contributed by atoms with E-state index in [-0.39, 0.29) is 24.8 Å². The van der Waals surface area contributed by atoms with Crippen molar-refractivity contribution < 1.29 is 23.1 Å². The van der Waals surface area contributed by atoms with Gasteiger partial charge in [0.2, 0.25) is 0 Å². The summed E-state index contributed by atoms with van der Waals surface area (Å²) in [5, 5.41) is 14.2. The number of nitrogens with zero attached hydrogens (tertiary/aromatic N) is 5. The molecule has 2 aromatic rings. The molecular formula is C17H20F3N5O2. The third-order valence-electron chi connectivity index (χ3n) is 5.45. The molecule has 0 saturated carbocycles. The van der Waals surface area contributed by atoms with Crippen molar-refractivity contribution in [3.05, 3.63) is 18.3 Å². The molecule has 27 heavy (non-hydrogen) atoms. The SMILES string of the molecule is O=C(O)n1nc(N2CCCCC2N2CCC(C(F)(F)F)C2)c2cccnc21. The first-order valence-electron chi connectivity index (χ1n) is 9.00. The molecule has 2 fully saturated rings. The molecule has 0 radical (unpaired) electrons. The van der Waals surface area contributed by atoms with E-state index in [9.17, 15) is 23.1 Å². The summed E-state index contributed by atoms with van der Waals surface area (Å²) in [7, 11) is 0. The van der Waals surface area contributed by atoms with E-state index in [0.29, 0.717) is 24.3 Å². The van der Waals surface area contributed by atoms with Crippen molar-refractivity contribution >= 4 is 22.9 Å². The smallest absolute Gasteiger partial charge is 0.434 e. The Balaban J connectivity index is 1.68. The average molecular weight is 383 g/mol. The molecule has 0 amide bonds. The average Bonchev–Trinajstić information content (AvgIpc) is 3.27. The van der Waals surface area contributed by atoms with Crippen molar-refractivity contribution in [3.63, 3.8) is 0 Å². The maximum atomic E-state index is 13.1. The molecule has 1 N–H and O–H groups in total. The number of aromatic nitrogens is 3. The first-order valence-corrected chi connectivity index (χ1v) is 9.00. The highest BCUT2D eigenvalue weighted by molar-refractivity contribution is 5.93. The number of piperidine rings is 1. The maximum Gasteiger partial charge on any atom is 0.434 e. The van der Waals surface area contributed by atoms with Gasteiger partial charge < -0.3 is 10.0 Å². The lowest BCUT2D eigenvalue weighted by Gasteiger charge is -2.41. The molecule has 4 rings (SSSR count). The van der Waals surface area contributed by atoms with Crippen molar-refractivity contribution in [1.82, 2.24) is 19.7 Å². The van der Waals surface area contributed by atoms with Crippen LogP contribution in [0.3, 0.4) is 0 Å². The van der Waals surface area contributed by atoms with Gasteiger partial charge in [0.25, 0.3) is 0 Å². The fraction of sp³-hybridized carbons (Fsp3) is 0.588. The molecule has 2 unspecified atom stereocenters. The highest BCUT2D eigenvalue weighted by atomic mass is 19.4. The molecule has 10 heteroatoms. The predicted octanol–water partition coefficient (Wildman–Crippen LogP) is 3.16. The van der Waals surface area contributed by atoms with Gasteiger partial charge in [-0.05, 0) is 37.8 Å². The van der Waals surface area contributed by atoms with Gasteiger partial charge in [-0.15, -0.1) is 9.78 Å². The third kappa shape index (κ3) is 3.22. The molecule has 7 nitrogen and oxygen atoms in total. The van der Waals surface area contributed by atoms with Crippen molar-refractivity contribution in [2.75, 3.05) is 24.5 Å². The van der Waals surface area contributed by atoms with Gasteiger partial charge in [-0.3, -0.25) is 4.90 Å². The van der Waals surface area contributed by atoms with Crippen LogP contribution in [0.1, 0.15) is 25.7 Å². The number of anilines is 1. The third-order valence-corrected chi connectivity index (χ3v) is 5.45. The van der Waals surface area contributed by atoms with Gasteiger partial charge in [0.05, 0.1) is 17.5 Å². The Hall–Kier alpha value is -2.36. The van der Waals surface area contributed by atoms with E-state index in [0.717, 1.165) is 23.9 Å². The molecule has 2 saturated heterocycles. The standard InChI is InChI=1S/C17H20F3N5O2/c18-17(19,20)11-6-9-23(10-11)13-5-1-2-8-24(13)15-12-4-3-7-21-14(12)25(22-15)16(26)27/h3-4,7,11,13H,1-2,5-6,8-10H2,(H,26,27). The number of carbonyl (C=O) groups is 1. The number of pyridine rings is 1. The molecule has 2 atom stereocenters. The van der Waals surface area contributed by atoms with Crippen LogP contribution in [0.15, 0.2) is 18.3 Å². The van der Waals surface area contributed by atoms with E-state index in [1.54, 1.807) is 12.1 Å². The second-order valence-corrected chi connectivity index (χ2v) is 7.08. The molecule has 0 spiro atoms. The fourth-order valence-corrected chi connectivity index (χ4v) is 4.15. The monoisotopic (exact) mass is 383 g/mol. The van der Waals surface area contributed by atoms with Gasteiger partial charge in [-0.1, -0.05) is 0 Å². The number of alkyl halides is 3. The van der Waals surface area contributed by atoms with Crippen molar-refractivity contribution in [2.24, 2.45) is 5.92 Å². The molecule has 0 aliphatic carbocycles. The van der Waals surface area contributed by atoms with Gasteiger partial charge >= 0.3 is 12.3 Å². The van der Waals surface area contributed by atoms with E-state index >= 15 is 0 Å². The largest absolute Gasteiger partial charge is 0.463 e. The summed E-state index contributed by atoms with van der Waals surface area (Å²) in [6.07, 6.45) is -1.51. The zero-order chi connectivity index (χ0) is 19.2. The van der Waals surface area contributed by atoms with Gasteiger partial charge in [-0.25, -0.2) is 9.78 Å². The number of hydrogen-bond acceptors (Lipinski definition) is 5. The summed E-state index contributed by atoms with van der Waals surface area (Å²) < 4.78 is 40.1. The Morgan fingerprint density at radius 1 is 1.22 bits per heavy atom. The first-order chi connectivity index (χ1) is 12.9. The zero-order valence-corrected chi connectivity index (χ0v) is 14.6. The molecule has 2 aliphatic heterocycles. The molecular weight excluding hydrogens is 363 g/mol. The number of rotatable bonds is 2. The number of fused-ring (bicyclic) bond motifs is 1. The van der Waals surface area contributed by atoms with Crippen LogP contribution in [-0.4, -0.2) is 62.8 Å². The lowest BCUT2D eigenvalue weighted by Crippen LogP contribution is -2.51. The Morgan fingerprint density at radius 3 is 2.74 bits per heavy atom. The topological polar surface area (TPSA) is 74.5 Å². The Kier molecular flexibility index (Phi) is 4.45. The Labute approximate surface area is 153 Å². The highest BCUT2D eigenvalue weighted by Crippen LogP contribution is 2.38. The summed E-state index contributed by atoms with van der Waals surface area (Å²) in [5.74, 6) is -0.836. The highest BCUT2D eigenvalue weighted by Gasteiger charge is 2.46.